The van der Waals surface area contributed by atoms with Crippen LogP contribution in [-0.4, -0.2) is 43.2 Å². The minimum Gasteiger partial charge on any atom is -0.371 e. The van der Waals surface area contributed by atoms with E-state index in [-0.39, 0.29) is 5.95 Å². The zero-order chi connectivity index (χ0) is 18.9. The van der Waals surface area contributed by atoms with Crippen molar-refractivity contribution in [3.8, 4) is 11.5 Å². The number of fused-ring (bicyclic) bond motifs is 1. The van der Waals surface area contributed by atoms with Crippen LogP contribution >= 0.6 is 0 Å². The van der Waals surface area contributed by atoms with Crippen molar-refractivity contribution in [2.75, 3.05) is 29.0 Å². The number of piperidine rings is 1. The minimum atomic E-state index is 0.212. The molecule has 9 nitrogen and oxygen atoms in total. The summed E-state index contributed by atoms with van der Waals surface area (Å²) in [6.07, 6.45) is 7.13. The molecule has 5 rings (SSSR count). The first kappa shape index (κ1) is 16.5. The molecule has 1 aliphatic rings. The Kier molecular flexibility index (Phi) is 4.04. The molecular formula is C19H21N9. The molecule has 0 saturated carbocycles. The summed E-state index contributed by atoms with van der Waals surface area (Å²) in [4.78, 5) is 18.6. The third-order valence-electron chi connectivity index (χ3n) is 5.00. The smallest absolute Gasteiger partial charge is 0.221 e. The highest BCUT2D eigenvalue weighted by atomic mass is 15.2. The lowest BCUT2D eigenvalue weighted by Gasteiger charge is -2.28. The van der Waals surface area contributed by atoms with Gasteiger partial charge in [0.2, 0.25) is 5.95 Å². The number of hydrogen-bond donors (Lipinski definition) is 4. The molecule has 1 aliphatic heterocycles. The fraction of sp³-hybridized carbons (Fsp3) is 0.263. The summed E-state index contributed by atoms with van der Waals surface area (Å²) < 4.78 is 0. The lowest BCUT2D eigenvalue weighted by molar-refractivity contribution is 0.578. The van der Waals surface area contributed by atoms with Crippen molar-refractivity contribution in [3.63, 3.8) is 0 Å². The third kappa shape index (κ3) is 3.11. The largest absolute Gasteiger partial charge is 0.371 e. The molecule has 4 heterocycles. The number of rotatable bonds is 4. The van der Waals surface area contributed by atoms with Crippen LogP contribution in [0.3, 0.4) is 0 Å². The highest BCUT2D eigenvalue weighted by Gasteiger charge is 2.15. The zero-order valence-electron chi connectivity index (χ0n) is 15.3. The Balaban J connectivity index is 1.46. The van der Waals surface area contributed by atoms with Gasteiger partial charge in [0, 0.05) is 25.0 Å². The first-order valence-corrected chi connectivity index (χ1v) is 9.40. The fourth-order valence-electron chi connectivity index (χ4n) is 3.61. The number of nitrogens with two attached hydrogens (primary N) is 1. The Labute approximate surface area is 161 Å². The molecular weight excluding hydrogens is 354 g/mol. The van der Waals surface area contributed by atoms with Crippen molar-refractivity contribution in [1.29, 1.82) is 0 Å². The number of nitrogens with zero attached hydrogens (tertiary/aromatic N) is 5. The van der Waals surface area contributed by atoms with Crippen molar-refractivity contribution in [1.82, 2.24) is 30.1 Å². The number of aromatic amines is 2. The molecule has 9 heteroatoms. The summed E-state index contributed by atoms with van der Waals surface area (Å²) in [5, 5.41) is 10.4. The second kappa shape index (κ2) is 6.84. The summed E-state index contributed by atoms with van der Waals surface area (Å²) in [6, 6.07) is 8.13. The summed E-state index contributed by atoms with van der Waals surface area (Å²) in [6.45, 7) is 2.23. The number of benzene rings is 1. The van der Waals surface area contributed by atoms with E-state index in [0.717, 1.165) is 35.5 Å². The van der Waals surface area contributed by atoms with Crippen LogP contribution in [0.5, 0.6) is 0 Å². The number of anilines is 4. The van der Waals surface area contributed by atoms with Crippen LogP contribution in [0.15, 0.2) is 36.7 Å². The van der Waals surface area contributed by atoms with Gasteiger partial charge in [-0.1, -0.05) is 0 Å². The molecule has 0 aliphatic carbocycles. The summed E-state index contributed by atoms with van der Waals surface area (Å²) in [7, 11) is 0. The highest BCUT2D eigenvalue weighted by Crippen LogP contribution is 2.29. The second-order valence-electron chi connectivity index (χ2n) is 6.92. The van der Waals surface area contributed by atoms with Gasteiger partial charge in [-0.15, -0.1) is 0 Å². The Morgan fingerprint density at radius 1 is 1.07 bits per heavy atom. The molecule has 1 fully saturated rings. The van der Waals surface area contributed by atoms with E-state index in [1.54, 1.807) is 18.5 Å². The van der Waals surface area contributed by atoms with Crippen LogP contribution in [0.2, 0.25) is 0 Å². The molecule has 142 valence electrons. The van der Waals surface area contributed by atoms with Gasteiger partial charge in [0.25, 0.3) is 0 Å². The van der Waals surface area contributed by atoms with Crippen molar-refractivity contribution in [3.05, 3.63) is 36.7 Å². The molecule has 0 atom stereocenters. The van der Waals surface area contributed by atoms with Gasteiger partial charge in [-0.2, -0.15) is 10.1 Å². The van der Waals surface area contributed by atoms with Crippen LogP contribution in [0, 0.1) is 0 Å². The average molecular weight is 375 g/mol. The van der Waals surface area contributed by atoms with Gasteiger partial charge in [0.05, 0.1) is 22.9 Å². The van der Waals surface area contributed by atoms with E-state index in [9.17, 15) is 0 Å². The van der Waals surface area contributed by atoms with Crippen LogP contribution in [0.25, 0.3) is 22.6 Å². The molecule has 5 N–H and O–H groups in total. The molecule has 1 aromatic carbocycles. The summed E-state index contributed by atoms with van der Waals surface area (Å²) in [5.74, 6) is 1.52. The zero-order valence-corrected chi connectivity index (χ0v) is 15.3. The van der Waals surface area contributed by atoms with Gasteiger partial charge in [-0.05, 0) is 43.5 Å². The third-order valence-corrected chi connectivity index (χ3v) is 5.00. The lowest BCUT2D eigenvalue weighted by atomic mass is 10.1. The molecule has 4 aromatic rings. The van der Waals surface area contributed by atoms with Crippen molar-refractivity contribution < 1.29 is 0 Å². The van der Waals surface area contributed by atoms with Crippen LogP contribution < -0.4 is 16.0 Å². The Hall–Kier alpha value is -3.62. The first-order valence-electron chi connectivity index (χ1n) is 9.40. The van der Waals surface area contributed by atoms with E-state index in [2.05, 4.69) is 53.6 Å². The number of aromatic nitrogens is 6. The monoisotopic (exact) mass is 375 g/mol. The maximum absolute atomic E-state index is 5.66. The quantitative estimate of drug-likeness (QED) is 0.432. The van der Waals surface area contributed by atoms with E-state index >= 15 is 0 Å². The van der Waals surface area contributed by atoms with E-state index in [0.29, 0.717) is 11.6 Å². The number of imidazole rings is 1. The molecule has 3 aromatic heterocycles. The van der Waals surface area contributed by atoms with Gasteiger partial charge in [-0.3, -0.25) is 5.10 Å². The topological polar surface area (TPSA) is 124 Å². The maximum Gasteiger partial charge on any atom is 0.221 e. The minimum absolute atomic E-state index is 0.212. The average Bonchev–Trinajstić information content (AvgIpc) is 3.34. The number of nitrogen functional groups attached to an aromatic ring is 1. The molecule has 0 amide bonds. The van der Waals surface area contributed by atoms with Gasteiger partial charge in [0.1, 0.15) is 11.5 Å². The van der Waals surface area contributed by atoms with Crippen molar-refractivity contribution in [2.45, 2.75) is 19.3 Å². The van der Waals surface area contributed by atoms with E-state index < -0.39 is 0 Å². The maximum atomic E-state index is 5.66. The predicted octanol–water partition coefficient (Wildman–Crippen LogP) is 3.06. The standard InChI is InChI=1S/C19H21N9/c20-19-21-7-6-16(26-19)23-15-11-22-27-17(15)18-24-13-5-4-12(10-14(13)25-18)28-8-2-1-3-9-28/h4-7,10-11H,1-3,8-9H2,(H,22,27)(H,24,25)(H3,20,21,23,26). The highest BCUT2D eigenvalue weighted by molar-refractivity contribution is 5.84. The fourth-order valence-corrected chi connectivity index (χ4v) is 3.61. The van der Waals surface area contributed by atoms with Crippen LogP contribution in [0.1, 0.15) is 19.3 Å². The van der Waals surface area contributed by atoms with Crippen LogP contribution in [0.4, 0.5) is 23.1 Å². The number of H-pyrrole nitrogens is 2. The lowest BCUT2D eigenvalue weighted by Crippen LogP contribution is -2.29. The predicted molar refractivity (Wildman–Crippen MR) is 109 cm³/mol. The second-order valence-corrected chi connectivity index (χ2v) is 6.92. The molecule has 1 saturated heterocycles. The Bertz CT molecular complexity index is 1110. The summed E-state index contributed by atoms with van der Waals surface area (Å²) in [5.41, 5.74) is 10.3. The van der Waals surface area contributed by atoms with Gasteiger partial charge in [-0.25, -0.2) is 9.97 Å². The van der Waals surface area contributed by atoms with Crippen molar-refractivity contribution >= 4 is 34.2 Å². The van der Waals surface area contributed by atoms with Crippen LogP contribution in [-0.2, 0) is 0 Å². The Morgan fingerprint density at radius 3 is 2.82 bits per heavy atom. The first-order chi connectivity index (χ1) is 13.8. The van der Waals surface area contributed by atoms with E-state index in [1.165, 1.54) is 24.9 Å². The SMILES string of the molecule is Nc1nccc(Nc2cn[nH]c2-c2nc3ccc(N4CCCCC4)cc3[nH]2)n1. The van der Waals surface area contributed by atoms with E-state index in [4.69, 9.17) is 10.7 Å². The molecule has 0 radical (unpaired) electrons. The molecule has 28 heavy (non-hydrogen) atoms. The van der Waals surface area contributed by atoms with Gasteiger partial charge < -0.3 is 20.9 Å². The molecule has 0 bridgehead atoms. The van der Waals surface area contributed by atoms with Gasteiger partial charge >= 0.3 is 0 Å². The number of nitrogens with one attached hydrogen (secondary N) is 3. The van der Waals surface area contributed by atoms with E-state index in [1.807, 2.05) is 0 Å². The molecule has 0 unspecified atom stereocenters. The van der Waals surface area contributed by atoms with Gasteiger partial charge in [0.15, 0.2) is 5.82 Å². The molecule has 0 spiro atoms. The number of hydrogen-bond acceptors (Lipinski definition) is 7. The Morgan fingerprint density at radius 2 is 1.96 bits per heavy atom. The summed E-state index contributed by atoms with van der Waals surface area (Å²) >= 11 is 0. The normalized spacial score (nSPS) is 14.5. The van der Waals surface area contributed by atoms with Crippen molar-refractivity contribution in [2.24, 2.45) is 0 Å².